The van der Waals surface area contributed by atoms with Crippen LogP contribution in [0.4, 0.5) is 0 Å². The van der Waals surface area contributed by atoms with E-state index in [9.17, 15) is 5.11 Å². The van der Waals surface area contributed by atoms with Crippen LogP contribution in [0.2, 0.25) is 0 Å². The monoisotopic (exact) mass is 324 g/mol. The van der Waals surface area contributed by atoms with Crippen molar-refractivity contribution in [3.05, 3.63) is 19.2 Å². The summed E-state index contributed by atoms with van der Waals surface area (Å²) in [6.07, 6.45) is 1.96. The minimum absolute atomic E-state index is 0.449. The molecular formula is C9H10Br2OS. The molecule has 72 valence electrons. The molecule has 0 aliphatic heterocycles. The van der Waals surface area contributed by atoms with Crippen LogP contribution in [0.25, 0.3) is 0 Å². The summed E-state index contributed by atoms with van der Waals surface area (Å²) in [4.78, 5) is 0. The van der Waals surface area contributed by atoms with E-state index in [1.54, 1.807) is 11.3 Å². The van der Waals surface area contributed by atoms with Crippen LogP contribution >= 0.6 is 43.2 Å². The Morgan fingerprint density at radius 2 is 2.38 bits per heavy atom. The van der Waals surface area contributed by atoms with Crippen LogP contribution < -0.4 is 0 Å². The average Bonchev–Trinajstić information content (AvgIpc) is 2.61. The van der Waals surface area contributed by atoms with E-state index in [0.717, 1.165) is 26.0 Å². The number of aliphatic hydroxyl groups is 1. The normalized spacial score (nSPS) is 32.2. The smallest absolute Gasteiger partial charge is 0.0948 e. The second kappa shape index (κ2) is 3.33. The van der Waals surface area contributed by atoms with Crippen LogP contribution in [-0.4, -0.2) is 5.11 Å². The third-order valence-electron chi connectivity index (χ3n) is 2.69. The molecule has 0 spiro atoms. The molecule has 0 saturated heterocycles. The minimum atomic E-state index is -0.546. The van der Waals surface area contributed by atoms with Gasteiger partial charge in [0.05, 0.1) is 13.2 Å². The van der Waals surface area contributed by atoms with Crippen LogP contribution in [0.1, 0.15) is 25.3 Å². The van der Waals surface area contributed by atoms with Crippen LogP contribution in [0, 0.1) is 5.92 Å². The van der Waals surface area contributed by atoms with Gasteiger partial charge in [0.25, 0.3) is 0 Å². The summed E-state index contributed by atoms with van der Waals surface area (Å²) in [6.45, 7) is 2.12. The first-order chi connectivity index (χ1) is 6.08. The zero-order valence-electron chi connectivity index (χ0n) is 7.18. The lowest BCUT2D eigenvalue weighted by molar-refractivity contribution is 0.130. The molecule has 1 aromatic rings. The van der Waals surface area contributed by atoms with Crippen LogP contribution in [-0.2, 0) is 5.60 Å². The van der Waals surface area contributed by atoms with Crippen LogP contribution in [0.5, 0.6) is 0 Å². The van der Waals surface area contributed by atoms with Crippen LogP contribution in [0.3, 0.4) is 0 Å². The molecule has 0 radical (unpaired) electrons. The Morgan fingerprint density at radius 1 is 1.69 bits per heavy atom. The van der Waals surface area contributed by atoms with Crippen LogP contribution in [0.15, 0.2) is 13.6 Å². The summed E-state index contributed by atoms with van der Waals surface area (Å²) in [7, 11) is 0. The Kier molecular flexibility index (Phi) is 2.60. The second-order valence-electron chi connectivity index (χ2n) is 3.47. The van der Waals surface area contributed by atoms with Crippen molar-refractivity contribution in [3.8, 4) is 0 Å². The molecule has 1 saturated carbocycles. The molecule has 13 heavy (non-hydrogen) atoms. The van der Waals surface area contributed by atoms with Gasteiger partial charge >= 0.3 is 0 Å². The highest BCUT2D eigenvalue weighted by molar-refractivity contribution is 9.12. The number of rotatable bonds is 2. The van der Waals surface area contributed by atoms with Gasteiger partial charge in [0.1, 0.15) is 0 Å². The van der Waals surface area contributed by atoms with Gasteiger partial charge in [-0.05, 0) is 50.3 Å². The van der Waals surface area contributed by atoms with Gasteiger partial charge in [-0.2, -0.15) is 0 Å². The third kappa shape index (κ3) is 1.62. The predicted octanol–water partition coefficient (Wildman–Crippen LogP) is 3.89. The minimum Gasteiger partial charge on any atom is -0.385 e. The average molecular weight is 326 g/mol. The first-order valence-corrected chi connectivity index (χ1v) is 6.66. The summed E-state index contributed by atoms with van der Waals surface area (Å²) >= 11 is 8.52. The molecule has 2 atom stereocenters. The molecule has 1 aliphatic carbocycles. The van der Waals surface area contributed by atoms with Crippen molar-refractivity contribution >= 4 is 43.2 Å². The molecule has 0 amide bonds. The fraction of sp³-hybridized carbons (Fsp3) is 0.556. The fourth-order valence-electron chi connectivity index (χ4n) is 1.76. The molecule has 0 aromatic carbocycles. The molecule has 4 heteroatoms. The van der Waals surface area contributed by atoms with Gasteiger partial charge in [-0.25, -0.2) is 0 Å². The lowest BCUT2D eigenvalue weighted by atomic mass is 10.1. The van der Waals surface area contributed by atoms with Crippen molar-refractivity contribution in [2.75, 3.05) is 0 Å². The molecule has 0 bridgehead atoms. The Balaban J connectivity index is 2.32. The summed E-state index contributed by atoms with van der Waals surface area (Å²) in [5.74, 6) is 0.449. The molecule has 1 nitrogen and oxygen atoms in total. The maximum Gasteiger partial charge on any atom is 0.0948 e. The first-order valence-electron chi connectivity index (χ1n) is 4.25. The third-order valence-corrected chi connectivity index (χ3v) is 5.03. The number of thiophene rings is 1. The summed E-state index contributed by atoms with van der Waals surface area (Å²) in [6, 6.07) is 2.02. The Labute approximate surface area is 98.4 Å². The topological polar surface area (TPSA) is 20.2 Å². The molecule has 1 N–H and O–H groups in total. The van der Waals surface area contributed by atoms with Gasteiger partial charge in [-0.15, -0.1) is 11.3 Å². The van der Waals surface area contributed by atoms with E-state index in [1.165, 1.54) is 0 Å². The second-order valence-corrected chi connectivity index (χ2v) is 7.22. The lowest BCUT2D eigenvalue weighted by Gasteiger charge is -2.07. The highest BCUT2D eigenvalue weighted by Crippen LogP contribution is 2.57. The van der Waals surface area contributed by atoms with Crippen molar-refractivity contribution in [1.82, 2.24) is 0 Å². The van der Waals surface area contributed by atoms with Gasteiger partial charge in [-0.1, -0.05) is 13.3 Å². The maximum atomic E-state index is 10.2. The van der Waals surface area contributed by atoms with E-state index in [4.69, 9.17) is 0 Å². The molecule has 1 fully saturated rings. The van der Waals surface area contributed by atoms with Gasteiger partial charge in [0.15, 0.2) is 0 Å². The van der Waals surface area contributed by atoms with E-state index in [1.807, 2.05) is 6.07 Å². The van der Waals surface area contributed by atoms with Crippen molar-refractivity contribution in [2.45, 2.75) is 25.4 Å². The predicted molar refractivity (Wildman–Crippen MR) is 62.0 cm³/mol. The van der Waals surface area contributed by atoms with E-state index in [2.05, 4.69) is 38.8 Å². The highest BCUT2D eigenvalue weighted by atomic mass is 79.9. The maximum absolute atomic E-state index is 10.2. The highest BCUT2D eigenvalue weighted by Gasteiger charge is 2.54. The summed E-state index contributed by atoms with van der Waals surface area (Å²) in [5, 5.41) is 10.2. The van der Waals surface area contributed by atoms with E-state index < -0.39 is 5.60 Å². The summed E-state index contributed by atoms with van der Waals surface area (Å²) < 4.78 is 2.13. The van der Waals surface area contributed by atoms with Crippen molar-refractivity contribution < 1.29 is 5.11 Å². The van der Waals surface area contributed by atoms with Gasteiger partial charge < -0.3 is 5.11 Å². The summed E-state index contributed by atoms with van der Waals surface area (Å²) in [5.41, 5.74) is 0.507. The largest absolute Gasteiger partial charge is 0.385 e. The molecule has 2 unspecified atom stereocenters. The Morgan fingerprint density at radius 3 is 2.77 bits per heavy atom. The Hall–Kier alpha value is 0.620. The zero-order valence-corrected chi connectivity index (χ0v) is 11.2. The molecule has 1 aromatic heterocycles. The first kappa shape index (κ1) is 10.1. The molecular weight excluding hydrogens is 316 g/mol. The number of hydrogen-bond donors (Lipinski definition) is 1. The van der Waals surface area contributed by atoms with E-state index in [-0.39, 0.29) is 0 Å². The van der Waals surface area contributed by atoms with Crippen molar-refractivity contribution in [3.63, 3.8) is 0 Å². The van der Waals surface area contributed by atoms with Gasteiger partial charge in [0, 0.05) is 5.56 Å². The van der Waals surface area contributed by atoms with Gasteiger partial charge in [-0.3, -0.25) is 0 Å². The fourth-order valence-corrected chi connectivity index (χ4v) is 4.80. The zero-order chi connectivity index (χ0) is 9.64. The van der Waals surface area contributed by atoms with E-state index in [0.29, 0.717) is 5.92 Å². The molecule has 1 heterocycles. The van der Waals surface area contributed by atoms with Gasteiger partial charge in [0.2, 0.25) is 0 Å². The van der Waals surface area contributed by atoms with Crippen molar-refractivity contribution in [2.24, 2.45) is 5.92 Å². The van der Waals surface area contributed by atoms with Crippen molar-refractivity contribution in [1.29, 1.82) is 0 Å². The molecule has 1 aliphatic rings. The SMILES string of the molecule is CCC1CC1(O)c1cc(Br)sc1Br. The number of hydrogen-bond acceptors (Lipinski definition) is 2. The lowest BCUT2D eigenvalue weighted by Crippen LogP contribution is -2.07. The molecule has 2 rings (SSSR count). The number of halogens is 2. The quantitative estimate of drug-likeness (QED) is 0.874. The Bertz CT molecular complexity index is 336. The van der Waals surface area contributed by atoms with E-state index >= 15 is 0 Å². The standard InChI is InChI=1S/C9H10Br2OS/c1-2-5-4-9(5,12)6-3-7(10)13-8(6)11/h3,5,12H,2,4H2,1H3.